The average molecular weight is 486 g/mol. The Balaban J connectivity index is 2.02. The summed E-state index contributed by atoms with van der Waals surface area (Å²) >= 11 is 0. The van der Waals surface area contributed by atoms with Crippen molar-refractivity contribution < 1.29 is 40.2 Å². The third-order valence-corrected chi connectivity index (χ3v) is 5.44. The Hall–Kier alpha value is -3.53. The predicted molar refractivity (Wildman–Crippen MR) is 112 cm³/mol. The zero-order valence-corrected chi connectivity index (χ0v) is 18.2. The number of nitrogens with zero attached hydrogens (tertiary/aromatic N) is 2. The van der Waals surface area contributed by atoms with Crippen LogP contribution < -0.4 is 20.3 Å². The first-order valence-corrected chi connectivity index (χ1v) is 11.3. The minimum atomic E-state index is -4.53. The molecule has 0 saturated carbocycles. The highest BCUT2D eigenvalue weighted by atomic mass is 32.2. The Labute approximate surface area is 183 Å². The first kappa shape index (κ1) is 24.7. The third kappa shape index (κ3) is 6.74. The van der Waals surface area contributed by atoms with Gasteiger partial charge in [-0.05, 0) is 47.5 Å². The number of methoxy groups -OCH3 is 2. The lowest BCUT2D eigenvalue weighted by Crippen LogP contribution is -2.28. The van der Waals surface area contributed by atoms with E-state index in [9.17, 15) is 30.7 Å². The van der Waals surface area contributed by atoms with Crippen molar-refractivity contribution >= 4 is 38.7 Å². The molecule has 0 fully saturated rings. The number of hydrogen-bond donors (Lipinski definition) is 4. The molecule has 0 aliphatic carbocycles. The lowest BCUT2D eigenvalue weighted by Gasteiger charge is -2.06. The molecular weight excluding hydrogens is 468 g/mol. The molecule has 0 saturated heterocycles. The molecule has 32 heavy (non-hydrogen) atoms. The lowest BCUT2D eigenvalue weighted by atomic mass is 10.2. The molecule has 2 amide bonds. The van der Waals surface area contributed by atoms with Gasteiger partial charge in [0.15, 0.2) is 0 Å². The second-order valence-electron chi connectivity index (χ2n) is 5.84. The number of carbonyl (C=O) groups is 1. The van der Waals surface area contributed by atoms with Crippen molar-refractivity contribution in [2.75, 3.05) is 14.2 Å². The topological polar surface area (TPSA) is 193 Å². The van der Waals surface area contributed by atoms with Gasteiger partial charge in [-0.3, -0.25) is 9.11 Å². The van der Waals surface area contributed by atoms with E-state index in [0.717, 1.165) is 24.6 Å². The van der Waals surface area contributed by atoms with Gasteiger partial charge in [-0.15, -0.1) is 0 Å². The largest absolute Gasteiger partial charge is 0.495 e. The number of benzene rings is 2. The van der Waals surface area contributed by atoms with E-state index in [2.05, 4.69) is 21.1 Å². The summed E-state index contributed by atoms with van der Waals surface area (Å²) in [6.45, 7) is 0. The summed E-state index contributed by atoms with van der Waals surface area (Å²) in [7, 11) is -6.59. The number of hydrogen-bond acceptors (Lipinski definition) is 9. The average Bonchev–Trinajstić information content (AvgIpc) is 2.72. The molecule has 13 nitrogen and oxygen atoms in total. The summed E-state index contributed by atoms with van der Waals surface area (Å²) in [4.78, 5) is 10.8. The quantitative estimate of drug-likeness (QED) is 0.238. The minimum absolute atomic E-state index is 0.0691. The molecule has 2 aromatic carbocycles. The van der Waals surface area contributed by atoms with Gasteiger partial charge in [-0.1, -0.05) is 0 Å². The van der Waals surface area contributed by atoms with Gasteiger partial charge in [-0.25, -0.2) is 15.6 Å². The zero-order valence-electron chi connectivity index (χ0n) is 16.6. The van der Waals surface area contributed by atoms with Gasteiger partial charge in [0.1, 0.15) is 21.3 Å². The van der Waals surface area contributed by atoms with Crippen LogP contribution in [0.3, 0.4) is 0 Å². The maximum absolute atomic E-state index is 11.7. The molecule has 0 heterocycles. The van der Waals surface area contributed by atoms with Crippen LogP contribution in [-0.2, 0) is 20.2 Å². The molecule has 4 N–H and O–H groups in total. The molecule has 0 unspecified atom stereocenters. The zero-order chi connectivity index (χ0) is 23.9. The molecule has 2 rings (SSSR count). The van der Waals surface area contributed by atoms with E-state index in [1.807, 2.05) is 0 Å². The van der Waals surface area contributed by atoms with Gasteiger partial charge < -0.3 is 9.47 Å². The van der Waals surface area contributed by atoms with E-state index in [-0.39, 0.29) is 22.6 Å². The molecule has 172 valence electrons. The second kappa shape index (κ2) is 10.2. The summed E-state index contributed by atoms with van der Waals surface area (Å²) < 4.78 is 73.6. The molecule has 0 aromatic heterocycles. The van der Waals surface area contributed by atoms with Crippen LogP contribution in [0.2, 0.25) is 0 Å². The fourth-order valence-electron chi connectivity index (χ4n) is 2.31. The Morgan fingerprint density at radius 3 is 1.50 bits per heavy atom. The number of rotatable bonds is 8. The fraction of sp³-hybridized carbons (Fsp3) is 0.118. The van der Waals surface area contributed by atoms with Crippen LogP contribution in [0.4, 0.5) is 4.79 Å². The van der Waals surface area contributed by atoms with Crippen molar-refractivity contribution in [3.05, 3.63) is 47.5 Å². The van der Waals surface area contributed by atoms with Crippen LogP contribution in [0.15, 0.2) is 56.4 Å². The maximum atomic E-state index is 11.7. The highest BCUT2D eigenvalue weighted by Crippen LogP contribution is 2.24. The van der Waals surface area contributed by atoms with Crippen LogP contribution >= 0.6 is 0 Å². The fourth-order valence-corrected chi connectivity index (χ4v) is 3.69. The summed E-state index contributed by atoms with van der Waals surface area (Å²) in [5.74, 6) is -0.138. The van der Waals surface area contributed by atoms with E-state index >= 15 is 0 Å². The van der Waals surface area contributed by atoms with Crippen molar-refractivity contribution in [2.45, 2.75) is 9.79 Å². The Morgan fingerprint density at radius 2 is 1.19 bits per heavy atom. The van der Waals surface area contributed by atoms with Crippen molar-refractivity contribution in [1.29, 1.82) is 0 Å². The first-order valence-electron chi connectivity index (χ1n) is 8.39. The van der Waals surface area contributed by atoms with Gasteiger partial charge in [0, 0.05) is 0 Å². The molecule has 0 radical (unpaired) electrons. The minimum Gasteiger partial charge on any atom is -0.495 e. The molecule has 0 spiro atoms. The predicted octanol–water partition coefficient (Wildman–Crippen LogP) is 0.864. The third-order valence-electron chi connectivity index (χ3n) is 3.69. The lowest BCUT2D eigenvalue weighted by molar-refractivity contribution is 0.242. The monoisotopic (exact) mass is 486 g/mol. The van der Waals surface area contributed by atoms with Crippen LogP contribution in [0.1, 0.15) is 11.1 Å². The number of urea groups is 1. The van der Waals surface area contributed by atoms with Crippen molar-refractivity contribution in [2.24, 2.45) is 10.2 Å². The number of nitrogens with one attached hydrogen (secondary N) is 2. The maximum Gasteiger partial charge on any atom is 0.355 e. The van der Waals surface area contributed by atoms with E-state index in [4.69, 9.17) is 9.47 Å². The van der Waals surface area contributed by atoms with E-state index in [0.29, 0.717) is 0 Å². The van der Waals surface area contributed by atoms with Gasteiger partial charge in [-0.2, -0.15) is 27.0 Å². The van der Waals surface area contributed by atoms with Crippen LogP contribution in [0.25, 0.3) is 0 Å². The van der Waals surface area contributed by atoms with Crippen molar-refractivity contribution in [1.82, 2.24) is 10.9 Å². The first-order chi connectivity index (χ1) is 15.0. The molecule has 0 bridgehead atoms. The summed E-state index contributed by atoms with van der Waals surface area (Å²) in [5.41, 5.74) is 4.60. The molecule has 15 heteroatoms. The number of amides is 2. The highest BCUT2D eigenvalue weighted by molar-refractivity contribution is 7.86. The SMILES string of the molecule is COc1ccc(C=NNC(=O)NN=Cc2ccc(OC)c(S(=O)(=O)O)c2)cc1S(=O)(=O)O. The van der Waals surface area contributed by atoms with Gasteiger partial charge in [0.25, 0.3) is 20.2 Å². The number of carbonyl (C=O) groups excluding carboxylic acids is 1. The molecule has 0 aliphatic rings. The highest BCUT2D eigenvalue weighted by Gasteiger charge is 2.17. The van der Waals surface area contributed by atoms with E-state index in [1.54, 1.807) is 0 Å². The molecule has 0 aliphatic heterocycles. The van der Waals surface area contributed by atoms with Gasteiger partial charge in [0.2, 0.25) is 0 Å². The van der Waals surface area contributed by atoms with Crippen LogP contribution in [-0.4, -0.2) is 58.6 Å². The molecule has 2 aromatic rings. The van der Waals surface area contributed by atoms with E-state index in [1.165, 1.54) is 38.5 Å². The summed E-state index contributed by atoms with van der Waals surface area (Å²) in [5, 5.41) is 7.22. The summed E-state index contributed by atoms with van der Waals surface area (Å²) in [6.07, 6.45) is 2.22. The number of hydrazone groups is 2. The smallest absolute Gasteiger partial charge is 0.355 e. The van der Waals surface area contributed by atoms with E-state index < -0.39 is 36.1 Å². The normalized spacial score (nSPS) is 12.1. The van der Waals surface area contributed by atoms with Crippen molar-refractivity contribution in [3.8, 4) is 11.5 Å². The van der Waals surface area contributed by atoms with Crippen LogP contribution in [0.5, 0.6) is 11.5 Å². The second-order valence-corrected chi connectivity index (χ2v) is 8.62. The Bertz CT molecular complexity index is 1180. The molecular formula is C17H18N4O9S2. The number of ether oxygens (including phenoxy) is 2. The Kier molecular flexibility index (Phi) is 7.87. The van der Waals surface area contributed by atoms with Crippen molar-refractivity contribution in [3.63, 3.8) is 0 Å². The summed E-state index contributed by atoms with van der Waals surface area (Å²) in [6, 6.07) is 6.77. The Morgan fingerprint density at radius 1 is 0.812 bits per heavy atom. The van der Waals surface area contributed by atoms with Gasteiger partial charge in [0.05, 0.1) is 26.6 Å². The van der Waals surface area contributed by atoms with Crippen LogP contribution in [0, 0.1) is 0 Å². The standard InChI is InChI=1S/C17H18N4O9S2/c1-29-13-5-3-11(7-15(13)31(23,24)25)9-18-20-17(22)21-19-10-12-4-6-14(30-2)16(8-12)32(26,27)28/h3-10H,1-2H3,(H2,20,21,22)(H,23,24,25)(H,26,27,28). The molecule has 0 atom stereocenters. The van der Waals surface area contributed by atoms with Gasteiger partial charge >= 0.3 is 6.03 Å².